The molecule has 3 N–H and O–H groups in total. The van der Waals surface area contributed by atoms with E-state index in [1.54, 1.807) is 0 Å². The van der Waals surface area contributed by atoms with Crippen LogP contribution < -0.4 is 11.1 Å². The second-order valence-corrected chi connectivity index (χ2v) is 3.89. The van der Waals surface area contributed by atoms with Crippen LogP contribution in [0.25, 0.3) is 0 Å². The summed E-state index contributed by atoms with van der Waals surface area (Å²) in [7, 11) is 0. The molecule has 0 radical (unpaired) electrons. The van der Waals surface area contributed by atoms with Crippen molar-refractivity contribution in [3.63, 3.8) is 0 Å². The third kappa shape index (κ3) is 3.35. The van der Waals surface area contributed by atoms with Crippen molar-refractivity contribution in [2.75, 3.05) is 0 Å². The first-order valence-electron chi connectivity index (χ1n) is 5.79. The van der Waals surface area contributed by atoms with E-state index in [9.17, 15) is 4.79 Å². The third-order valence-corrected chi connectivity index (χ3v) is 2.70. The van der Waals surface area contributed by atoms with Gasteiger partial charge in [0.2, 0.25) is 5.91 Å². The van der Waals surface area contributed by atoms with Gasteiger partial charge in [0.15, 0.2) is 0 Å². The Hall–Kier alpha value is -1.35. The van der Waals surface area contributed by atoms with Crippen LogP contribution in [0.2, 0.25) is 0 Å². The average Bonchev–Trinajstić information content (AvgIpc) is 2.35. The molecule has 0 aliphatic heterocycles. The van der Waals surface area contributed by atoms with Crippen LogP contribution in [0.3, 0.4) is 0 Å². The van der Waals surface area contributed by atoms with Crippen LogP contribution in [0.5, 0.6) is 0 Å². The van der Waals surface area contributed by atoms with Crippen LogP contribution >= 0.6 is 0 Å². The number of carbonyl (C=O) groups is 1. The maximum atomic E-state index is 11.7. The largest absolute Gasteiger partial charge is 0.348 e. The fourth-order valence-corrected chi connectivity index (χ4v) is 1.57. The molecule has 3 nitrogen and oxygen atoms in total. The molecule has 1 amide bonds. The third-order valence-electron chi connectivity index (χ3n) is 2.70. The summed E-state index contributed by atoms with van der Waals surface area (Å²) in [4.78, 5) is 11.7. The summed E-state index contributed by atoms with van der Waals surface area (Å²) in [6.07, 6.45) is 1.53. The van der Waals surface area contributed by atoms with Crippen LogP contribution in [0.1, 0.15) is 38.3 Å². The molecule has 1 unspecified atom stereocenters. The van der Waals surface area contributed by atoms with Gasteiger partial charge in [0, 0.05) is 0 Å². The maximum Gasteiger partial charge on any atom is 0.237 e. The number of rotatable bonds is 5. The molecule has 0 fully saturated rings. The Balaban J connectivity index is 2.66. The number of nitrogens with two attached hydrogens (primary N) is 1. The molecule has 0 heterocycles. The van der Waals surface area contributed by atoms with Gasteiger partial charge in [-0.25, -0.2) is 0 Å². The summed E-state index contributed by atoms with van der Waals surface area (Å²) in [5.74, 6) is -0.0711. The van der Waals surface area contributed by atoms with Crippen molar-refractivity contribution in [1.29, 1.82) is 0 Å². The normalized spacial score (nSPS) is 14.2. The number of carbonyl (C=O) groups excluding carboxylic acids is 1. The Morgan fingerprint density at radius 1 is 1.25 bits per heavy atom. The number of nitrogens with one attached hydrogen (secondary N) is 1. The van der Waals surface area contributed by atoms with Crippen molar-refractivity contribution in [1.82, 2.24) is 5.32 Å². The number of hydrogen-bond donors (Lipinski definition) is 2. The zero-order chi connectivity index (χ0) is 12.0. The van der Waals surface area contributed by atoms with E-state index in [0.29, 0.717) is 6.42 Å². The van der Waals surface area contributed by atoms with Gasteiger partial charge in [-0.15, -0.1) is 0 Å². The first-order valence-corrected chi connectivity index (χ1v) is 5.79. The van der Waals surface area contributed by atoms with E-state index >= 15 is 0 Å². The molecule has 88 valence electrons. The quantitative estimate of drug-likeness (QED) is 0.797. The number of hydrogen-bond acceptors (Lipinski definition) is 2. The molecule has 0 bridgehead atoms. The Kier molecular flexibility index (Phi) is 4.99. The Morgan fingerprint density at radius 2 is 1.88 bits per heavy atom. The van der Waals surface area contributed by atoms with Gasteiger partial charge >= 0.3 is 0 Å². The minimum atomic E-state index is -0.405. The predicted molar refractivity (Wildman–Crippen MR) is 65.9 cm³/mol. The molecule has 1 rings (SSSR count). The molecule has 16 heavy (non-hydrogen) atoms. The Labute approximate surface area is 97.0 Å². The first-order chi connectivity index (χ1) is 7.69. The molecule has 0 aromatic heterocycles. The zero-order valence-electron chi connectivity index (χ0n) is 9.94. The van der Waals surface area contributed by atoms with Crippen LogP contribution in [-0.4, -0.2) is 11.9 Å². The lowest BCUT2D eigenvalue weighted by atomic mass is 10.0. The van der Waals surface area contributed by atoms with Crippen molar-refractivity contribution in [3.05, 3.63) is 35.9 Å². The molecule has 0 spiro atoms. The van der Waals surface area contributed by atoms with E-state index in [1.165, 1.54) is 0 Å². The lowest BCUT2D eigenvalue weighted by Gasteiger charge is -2.19. The SMILES string of the molecule is CCC(N)C(=O)N[C@H](CC)c1ccccc1. The van der Waals surface area contributed by atoms with Gasteiger partial charge in [-0.3, -0.25) is 4.79 Å². The predicted octanol–water partition coefficient (Wildman–Crippen LogP) is 1.99. The second-order valence-electron chi connectivity index (χ2n) is 3.89. The van der Waals surface area contributed by atoms with Gasteiger partial charge in [0.25, 0.3) is 0 Å². The Morgan fingerprint density at radius 3 is 2.38 bits per heavy atom. The highest BCUT2D eigenvalue weighted by atomic mass is 16.2. The number of amides is 1. The van der Waals surface area contributed by atoms with Gasteiger partial charge in [-0.2, -0.15) is 0 Å². The van der Waals surface area contributed by atoms with Crippen molar-refractivity contribution in [3.8, 4) is 0 Å². The lowest BCUT2D eigenvalue weighted by molar-refractivity contribution is -0.123. The zero-order valence-corrected chi connectivity index (χ0v) is 9.94. The lowest BCUT2D eigenvalue weighted by Crippen LogP contribution is -2.41. The molecule has 0 saturated heterocycles. The van der Waals surface area contributed by atoms with Gasteiger partial charge in [0.05, 0.1) is 12.1 Å². The minimum Gasteiger partial charge on any atom is -0.348 e. The van der Waals surface area contributed by atoms with E-state index in [4.69, 9.17) is 5.73 Å². The van der Waals surface area contributed by atoms with Gasteiger partial charge in [-0.05, 0) is 18.4 Å². The van der Waals surface area contributed by atoms with E-state index in [0.717, 1.165) is 12.0 Å². The monoisotopic (exact) mass is 220 g/mol. The van der Waals surface area contributed by atoms with E-state index < -0.39 is 6.04 Å². The van der Waals surface area contributed by atoms with Gasteiger partial charge in [0.1, 0.15) is 0 Å². The van der Waals surface area contributed by atoms with Crippen molar-refractivity contribution < 1.29 is 4.79 Å². The fourth-order valence-electron chi connectivity index (χ4n) is 1.57. The highest BCUT2D eigenvalue weighted by molar-refractivity contribution is 5.81. The van der Waals surface area contributed by atoms with Gasteiger partial charge in [-0.1, -0.05) is 44.2 Å². The standard InChI is InChI=1S/C13H20N2O/c1-3-11(14)13(16)15-12(4-2)10-8-6-5-7-9-10/h5-9,11-12H,3-4,14H2,1-2H3,(H,15,16)/t11?,12-/m1/s1. The molecule has 0 aliphatic rings. The highest BCUT2D eigenvalue weighted by Gasteiger charge is 2.16. The smallest absolute Gasteiger partial charge is 0.237 e. The Bertz CT molecular complexity index is 324. The minimum absolute atomic E-state index is 0.0614. The summed E-state index contributed by atoms with van der Waals surface area (Å²) < 4.78 is 0. The van der Waals surface area contributed by atoms with E-state index in [2.05, 4.69) is 12.2 Å². The molecule has 2 atom stereocenters. The molecular weight excluding hydrogens is 200 g/mol. The van der Waals surface area contributed by atoms with Crippen molar-refractivity contribution >= 4 is 5.91 Å². The summed E-state index contributed by atoms with van der Waals surface area (Å²) in [6, 6.07) is 9.62. The number of benzene rings is 1. The molecule has 0 saturated carbocycles. The average molecular weight is 220 g/mol. The van der Waals surface area contributed by atoms with Crippen LogP contribution in [0.15, 0.2) is 30.3 Å². The highest BCUT2D eigenvalue weighted by Crippen LogP contribution is 2.15. The summed E-state index contributed by atoms with van der Waals surface area (Å²) in [5.41, 5.74) is 6.81. The van der Waals surface area contributed by atoms with Crippen LogP contribution in [-0.2, 0) is 4.79 Å². The maximum absolute atomic E-state index is 11.7. The first kappa shape index (κ1) is 12.7. The van der Waals surface area contributed by atoms with Crippen molar-refractivity contribution in [2.24, 2.45) is 5.73 Å². The summed E-state index contributed by atoms with van der Waals surface area (Å²) in [5, 5.41) is 2.97. The summed E-state index contributed by atoms with van der Waals surface area (Å²) >= 11 is 0. The molecular formula is C13H20N2O. The van der Waals surface area contributed by atoms with Crippen molar-refractivity contribution in [2.45, 2.75) is 38.8 Å². The van der Waals surface area contributed by atoms with E-state index in [-0.39, 0.29) is 11.9 Å². The van der Waals surface area contributed by atoms with Crippen LogP contribution in [0.4, 0.5) is 0 Å². The fraction of sp³-hybridized carbons (Fsp3) is 0.462. The molecule has 0 aliphatic carbocycles. The molecule has 1 aromatic carbocycles. The van der Waals surface area contributed by atoms with Gasteiger partial charge < -0.3 is 11.1 Å². The van der Waals surface area contributed by atoms with E-state index in [1.807, 2.05) is 37.3 Å². The molecule has 1 aromatic rings. The topological polar surface area (TPSA) is 55.1 Å². The summed E-state index contributed by atoms with van der Waals surface area (Å²) in [6.45, 7) is 3.96. The van der Waals surface area contributed by atoms with Crippen LogP contribution in [0, 0.1) is 0 Å². The second kappa shape index (κ2) is 6.28. The molecule has 3 heteroatoms.